The Labute approximate surface area is 320 Å². The van der Waals surface area contributed by atoms with Gasteiger partial charge in [0.25, 0.3) is 0 Å². The lowest BCUT2D eigenvalue weighted by molar-refractivity contribution is -0.834. The van der Waals surface area contributed by atoms with Gasteiger partial charge in [0, 0.05) is 17.7 Å². The molecule has 0 bridgehead atoms. The second kappa shape index (κ2) is 10.5. The van der Waals surface area contributed by atoms with E-state index >= 15 is 13.2 Å². The second-order valence-corrected chi connectivity index (χ2v) is 15.4. The first-order chi connectivity index (χ1) is 27.2. The molecule has 1 spiro atoms. The molecule has 0 radical (unpaired) electrons. The number of nitrogens with zero attached hydrogens (tertiary/aromatic N) is 4. The number of hydrogen-bond donors (Lipinski definition) is 0. The van der Waals surface area contributed by atoms with Crippen molar-refractivity contribution in [2.24, 2.45) is 0 Å². The molecule has 6 aromatic rings. The van der Waals surface area contributed by atoms with Crippen LogP contribution in [-0.2, 0) is 5.91 Å². The molecular weight excluding hydrogens is 702 g/mol. The summed E-state index contributed by atoms with van der Waals surface area (Å²) in [6.07, 6.45) is -0.974. The van der Waals surface area contributed by atoms with E-state index in [9.17, 15) is 0 Å². The molecule has 0 amide bonds. The first-order valence-electron chi connectivity index (χ1n) is 19.0. The summed E-state index contributed by atoms with van der Waals surface area (Å²) in [4.78, 5) is 0. The summed E-state index contributed by atoms with van der Waals surface area (Å²) >= 11 is 0. The van der Waals surface area contributed by atoms with E-state index in [0.29, 0.717) is 11.3 Å². The molecule has 6 aliphatic heterocycles. The van der Waals surface area contributed by atoms with E-state index in [2.05, 4.69) is 101 Å². The maximum atomic E-state index is 16.0. The van der Waals surface area contributed by atoms with Crippen LogP contribution < -0.4 is 10.7 Å². The Morgan fingerprint density at radius 1 is 0.554 bits per heavy atom. The largest absolute Gasteiger partial charge is 0.554 e. The number of aromatic nitrogens is 2. The quantitative estimate of drug-likeness (QED) is 0.162. The molecule has 268 valence electrons. The van der Waals surface area contributed by atoms with Gasteiger partial charge in [-0.15, -0.1) is 0 Å². The minimum Gasteiger partial charge on any atom is -0.198 e. The standard InChI is InChI=1S/C49H33F3N4/c1-28-24-36-41(32-18-10-5-11-19-32)45-30(3)26-38-43(34-22-14-7-15-23-34)47-35(48(50,51)52)27-39-42(33-20-12-6-13-21-33)46-29(2)25-37-40(31-16-8-4-9-17-31)44(28)53(36)49(54(37)46,55(38)45)56(39)47/h4-27H,1-3H3/q+2. The molecule has 6 aliphatic rings. The zero-order valence-corrected chi connectivity index (χ0v) is 30.8. The zero-order chi connectivity index (χ0) is 37.8. The van der Waals surface area contributed by atoms with E-state index in [-0.39, 0.29) is 5.71 Å². The summed E-state index contributed by atoms with van der Waals surface area (Å²) in [6.45, 7) is 6.35. The molecule has 4 nitrogen and oxygen atoms in total. The molecule has 7 heteroatoms. The Bertz CT molecular complexity index is 3150. The van der Waals surface area contributed by atoms with Crippen LogP contribution in [0.3, 0.4) is 0 Å². The highest BCUT2D eigenvalue weighted by atomic mass is 19.4. The Hall–Kier alpha value is -6.73. The Morgan fingerprint density at radius 2 is 1.09 bits per heavy atom. The van der Waals surface area contributed by atoms with Crippen LogP contribution in [0, 0.1) is 13.8 Å². The fourth-order valence-electron chi connectivity index (χ4n) is 10.4. The van der Waals surface area contributed by atoms with Gasteiger partial charge in [0.05, 0.1) is 44.4 Å². The van der Waals surface area contributed by atoms with Crippen LogP contribution in [0.25, 0.3) is 22.3 Å². The van der Waals surface area contributed by atoms with E-state index in [0.717, 1.165) is 89.2 Å². The molecule has 8 heterocycles. The van der Waals surface area contributed by atoms with Crippen LogP contribution >= 0.6 is 0 Å². The van der Waals surface area contributed by atoms with E-state index in [4.69, 9.17) is 0 Å². The zero-order valence-electron chi connectivity index (χ0n) is 30.8. The van der Waals surface area contributed by atoms with Gasteiger partial charge in [-0.05, 0) is 66.3 Å². The molecule has 0 saturated carbocycles. The van der Waals surface area contributed by atoms with Crippen molar-refractivity contribution in [2.75, 3.05) is 0 Å². The van der Waals surface area contributed by atoms with E-state index in [1.807, 2.05) is 77.4 Å². The van der Waals surface area contributed by atoms with Gasteiger partial charge in [0.15, 0.2) is 0 Å². The van der Waals surface area contributed by atoms with Gasteiger partial charge in [0.1, 0.15) is 5.57 Å². The van der Waals surface area contributed by atoms with Crippen molar-refractivity contribution < 1.29 is 22.3 Å². The van der Waals surface area contributed by atoms with Gasteiger partial charge in [-0.1, -0.05) is 130 Å². The number of alkyl halides is 3. The van der Waals surface area contributed by atoms with Crippen LogP contribution in [0.15, 0.2) is 168 Å². The van der Waals surface area contributed by atoms with Crippen molar-refractivity contribution in [1.82, 2.24) is 9.13 Å². The summed E-state index contributed by atoms with van der Waals surface area (Å²) in [5.41, 5.74) is 14.0. The van der Waals surface area contributed by atoms with Crippen LogP contribution in [0.4, 0.5) is 13.2 Å². The third-order valence-electron chi connectivity index (χ3n) is 12.3. The van der Waals surface area contributed by atoms with Gasteiger partial charge in [0.2, 0.25) is 22.8 Å². The average molecular weight is 735 g/mol. The Balaban J connectivity index is 1.41. The SMILES string of the molecule is CC1=CC2=[N+]3C1=C(c1ccccc1)c1cc(C)c4n1C31n3c(cc(C)c3=C2c2ccccc2)=C(c2ccccc2)C2=[N+]1C(=C4c1ccccc1)C=C2C(F)(F)F. The maximum Gasteiger partial charge on any atom is 0.554 e. The molecule has 1 unspecified atom stereocenters. The van der Waals surface area contributed by atoms with Gasteiger partial charge >= 0.3 is 12.1 Å². The minimum atomic E-state index is -4.65. The smallest absolute Gasteiger partial charge is 0.198 e. The molecule has 12 rings (SSSR count). The Morgan fingerprint density at radius 3 is 1.66 bits per heavy atom. The molecule has 0 N–H and O–H groups in total. The van der Waals surface area contributed by atoms with E-state index in [1.165, 1.54) is 6.08 Å². The van der Waals surface area contributed by atoms with Crippen molar-refractivity contribution >= 4 is 33.7 Å². The highest BCUT2D eigenvalue weighted by molar-refractivity contribution is 6.32. The van der Waals surface area contributed by atoms with Gasteiger partial charge < -0.3 is 0 Å². The number of rotatable bonds is 4. The Kier molecular flexibility index (Phi) is 5.94. The summed E-state index contributed by atoms with van der Waals surface area (Å²) < 4.78 is 57.2. The highest BCUT2D eigenvalue weighted by Gasteiger charge is 2.75. The second-order valence-electron chi connectivity index (χ2n) is 15.4. The molecule has 1 atom stereocenters. The average Bonchev–Trinajstić information content (AvgIpc) is 3.97. The first-order valence-corrected chi connectivity index (χ1v) is 19.0. The predicted molar refractivity (Wildman–Crippen MR) is 212 cm³/mol. The third-order valence-corrected chi connectivity index (χ3v) is 12.3. The monoisotopic (exact) mass is 734 g/mol. The number of hydrogen-bond acceptors (Lipinski definition) is 0. The number of benzene rings is 4. The summed E-state index contributed by atoms with van der Waals surface area (Å²) in [6, 6.07) is 44.8. The van der Waals surface area contributed by atoms with Gasteiger partial charge in [-0.25, -0.2) is 0 Å². The van der Waals surface area contributed by atoms with Crippen LogP contribution in [0.5, 0.6) is 0 Å². The maximum absolute atomic E-state index is 16.0. The highest BCUT2D eigenvalue weighted by Crippen LogP contribution is 2.56. The molecule has 0 fully saturated rings. The number of allylic oxidation sites excluding steroid dienone is 4. The van der Waals surface area contributed by atoms with Crippen LogP contribution in [-0.4, -0.2) is 35.9 Å². The van der Waals surface area contributed by atoms with Crippen molar-refractivity contribution in [2.45, 2.75) is 32.9 Å². The summed E-state index contributed by atoms with van der Waals surface area (Å²) in [5, 5.41) is 1.74. The molecule has 0 saturated heterocycles. The topological polar surface area (TPSA) is 15.9 Å². The van der Waals surface area contributed by atoms with E-state index < -0.39 is 17.7 Å². The predicted octanol–water partition coefficient (Wildman–Crippen LogP) is 8.36. The van der Waals surface area contributed by atoms with Crippen molar-refractivity contribution in [3.8, 4) is 0 Å². The summed E-state index contributed by atoms with van der Waals surface area (Å²) in [7, 11) is 0. The van der Waals surface area contributed by atoms with Crippen LogP contribution in [0.1, 0.15) is 51.7 Å². The van der Waals surface area contributed by atoms with E-state index in [1.54, 1.807) is 0 Å². The lowest BCUT2D eigenvalue weighted by Crippen LogP contribution is -2.71. The fourth-order valence-corrected chi connectivity index (χ4v) is 10.4. The van der Waals surface area contributed by atoms with Gasteiger partial charge in [-0.3, -0.25) is 0 Å². The lowest BCUT2D eigenvalue weighted by atomic mass is 9.91. The van der Waals surface area contributed by atoms with Crippen molar-refractivity contribution in [1.29, 1.82) is 0 Å². The molecular formula is C49H33F3N4+2. The third kappa shape index (κ3) is 3.62. The fraction of sp³-hybridized carbons (Fsp3) is 0.102. The lowest BCUT2D eigenvalue weighted by Gasteiger charge is -2.41. The normalized spacial score (nSPS) is 19.9. The van der Waals surface area contributed by atoms with Gasteiger partial charge in [-0.2, -0.15) is 22.3 Å². The molecule has 2 aromatic heterocycles. The number of aryl methyl sites for hydroxylation is 2. The van der Waals surface area contributed by atoms with Crippen molar-refractivity contribution in [3.05, 3.63) is 224 Å². The molecule has 56 heavy (non-hydrogen) atoms. The minimum absolute atomic E-state index is 0.168. The van der Waals surface area contributed by atoms with Crippen LogP contribution in [0.2, 0.25) is 0 Å². The number of halogens is 3. The molecule has 0 aliphatic carbocycles. The summed E-state index contributed by atoms with van der Waals surface area (Å²) in [5.74, 6) is -1.32. The van der Waals surface area contributed by atoms with Crippen molar-refractivity contribution in [3.63, 3.8) is 0 Å². The molecule has 4 aromatic carbocycles. The first kappa shape index (κ1) is 31.6.